The van der Waals surface area contributed by atoms with Crippen LogP contribution in [0.25, 0.3) is 0 Å². The molecule has 2 saturated heterocycles. The number of likely N-dealkylation sites (N-methyl/N-ethyl adjacent to an activating group) is 1. The van der Waals surface area contributed by atoms with Crippen molar-refractivity contribution in [3.05, 3.63) is 16.6 Å². The zero-order valence-corrected chi connectivity index (χ0v) is 11.3. The zero-order valence-electron chi connectivity index (χ0n) is 10.5. The Kier molecular flexibility index (Phi) is 3.19. The molecule has 2 aliphatic rings. The number of nitrogens with one attached hydrogen (secondary N) is 1. The Bertz CT molecular complexity index is 365. The van der Waals surface area contributed by atoms with Crippen molar-refractivity contribution in [1.82, 2.24) is 15.2 Å². The molecule has 4 heteroatoms. The van der Waals surface area contributed by atoms with E-state index >= 15 is 0 Å². The van der Waals surface area contributed by atoms with Gasteiger partial charge in [-0.25, -0.2) is 4.98 Å². The van der Waals surface area contributed by atoms with E-state index in [-0.39, 0.29) is 5.54 Å². The third kappa shape index (κ3) is 1.83. The Morgan fingerprint density at radius 2 is 2.47 bits per heavy atom. The number of hydrogen-bond donors (Lipinski definition) is 1. The maximum Gasteiger partial charge on any atom is 0.114 e. The largest absolute Gasteiger partial charge is 0.304 e. The van der Waals surface area contributed by atoms with E-state index < -0.39 is 0 Å². The van der Waals surface area contributed by atoms with Crippen molar-refractivity contribution >= 4 is 11.3 Å². The van der Waals surface area contributed by atoms with Crippen molar-refractivity contribution in [3.63, 3.8) is 0 Å². The highest BCUT2D eigenvalue weighted by molar-refractivity contribution is 7.09. The van der Waals surface area contributed by atoms with Crippen molar-refractivity contribution in [2.45, 2.75) is 44.2 Å². The van der Waals surface area contributed by atoms with E-state index in [4.69, 9.17) is 0 Å². The van der Waals surface area contributed by atoms with E-state index in [0.717, 1.165) is 6.54 Å². The van der Waals surface area contributed by atoms with Crippen molar-refractivity contribution < 1.29 is 0 Å². The van der Waals surface area contributed by atoms with Crippen LogP contribution in [-0.4, -0.2) is 35.6 Å². The predicted octanol–water partition coefficient (Wildman–Crippen LogP) is 2.21. The van der Waals surface area contributed by atoms with Gasteiger partial charge in [-0.2, -0.15) is 0 Å². The fourth-order valence-corrected chi connectivity index (χ4v) is 4.49. The molecule has 17 heavy (non-hydrogen) atoms. The van der Waals surface area contributed by atoms with Gasteiger partial charge in [-0.15, -0.1) is 11.3 Å². The Balaban J connectivity index is 1.94. The second-order valence-corrected chi connectivity index (χ2v) is 6.03. The summed E-state index contributed by atoms with van der Waals surface area (Å²) in [6.45, 7) is 5.76. The molecule has 0 radical (unpaired) electrons. The molecule has 2 fully saturated rings. The minimum atomic E-state index is 0.142. The first-order valence-corrected chi connectivity index (χ1v) is 7.64. The molecule has 94 valence electrons. The van der Waals surface area contributed by atoms with E-state index in [0.29, 0.717) is 6.04 Å². The first-order valence-electron chi connectivity index (χ1n) is 6.76. The summed E-state index contributed by atoms with van der Waals surface area (Å²) in [7, 11) is 0. The molecule has 1 aromatic rings. The second-order valence-electron chi connectivity index (χ2n) is 5.14. The van der Waals surface area contributed by atoms with Gasteiger partial charge in [0.15, 0.2) is 0 Å². The van der Waals surface area contributed by atoms with E-state index in [1.807, 2.05) is 17.5 Å². The summed E-state index contributed by atoms with van der Waals surface area (Å²) in [5, 5.41) is 7.18. The van der Waals surface area contributed by atoms with Gasteiger partial charge in [-0.1, -0.05) is 13.3 Å². The maximum absolute atomic E-state index is 4.61. The Hall–Kier alpha value is -0.450. The summed E-state index contributed by atoms with van der Waals surface area (Å²) in [6.07, 6.45) is 7.24. The lowest BCUT2D eigenvalue weighted by atomic mass is 9.86. The minimum absolute atomic E-state index is 0.142. The van der Waals surface area contributed by atoms with Gasteiger partial charge in [0.1, 0.15) is 5.01 Å². The second kappa shape index (κ2) is 4.67. The summed E-state index contributed by atoms with van der Waals surface area (Å²) in [5.74, 6) is 0. The van der Waals surface area contributed by atoms with Gasteiger partial charge in [0, 0.05) is 24.2 Å². The molecule has 2 aliphatic heterocycles. The van der Waals surface area contributed by atoms with Crippen LogP contribution in [0.1, 0.15) is 37.6 Å². The molecule has 3 nitrogen and oxygen atoms in total. The maximum atomic E-state index is 4.61. The molecule has 0 aromatic carbocycles. The SMILES string of the molecule is CCNC1(c2nccs2)CCN2CCCCC21. The van der Waals surface area contributed by atoms with E-state index in [1.165, 1.54) is 43.8 Å². The molecule has 1 N–H and O–H groups in total. The third-order valence-corrected chi connectivity index (χ3v) is 5.23. The fraction of sp³-hybridized carbons (Fsp3) is 0.769. The van der Waals surface area contributed by atoms with Crippen molar-refractivity contribution in [3.8, 4) is 0 Å². The van der Waals surface area contributed by atoms with Gasteiger partial charge in [-0.3, -0.25) is 4.90 Å². The van der Waals surface area contributed by atoms with Crippen LogP contribution in [0, 0.1) is 0 Å². The summed E-state index contributed by atoms with van der Waals surface area (Å²) in [4.78, 5) is 7.28. The van der Waals surface area contributed by atoms with Crippen LogP contribution in [0.5, 0.6) is 0 Å². The van der Waals surface area contributed by atoms with Crippen LogP contribution in [-0.2, 0) is 5.54 Å². The van der Waals surface area contributed by atoms with Crippen molar-refractivity contribution in [2.75, 3.05) is 19.6 Å². The van der Waals surface area contributed by atoms with E-state index in [1.54, 1.807) is 0 Å². The molecule has 0 spiro atoms. The van der Waals surface area contributed by atoms with Crippen LogP contribution in [0.3, 0.4) is 0 Å². The molecule has 2 unspecified atom stereocenters. The average molecular weight is 251 g/mol. The Labute approximate surface area is 107 Å². The highest BCUT2D eigenvalue weighted by Crippen LogP contribution is 2.42. The monoisotopic (exact) mass is 251 g/mol. The van der Waals surface area contributed by atoms with Crippen LogP contribution >= 0.6 is 11.3 Å². The lowest BCUT2D eigenvalue weighted by Gasteiger charge is -2.40. The molecular formula is C13H21N3S. The molecule has 3 heterocycles. The number of hydrogen-bond acceptors (Lipinski definition) is 4. The van der Waals surface area contributed by atoms with Crippen LogP contribution in [0.4, 0.5) is 0 Å². The smallest absolute Gasteiger partial charge is 0.114 e. The third-order valence-electron chi connectivity index (χ3n) is 4.28. The highest BCUT2D eigenvalue weighted by atomic mass is 32.1. The fourth-order valence-electron chi connectivity index (χ4n) is 3.59. The van der Waals surface area contributed by atoms with Gasteiger partial charge >= 0.3 is 0 Å². The standard InChI is InChI=1S/C13H21N3S/c1-2-15-13(12-14-7-10-17-12)6-9-16-8-4-3-5-11(13)16/h7,10-11,15H,2-6,8-9H2,1H3. The van der Waals surface area contributed by atoms with Crippen molar-refractivity contribution in [2.24, 2.45) is 0 Å². The van der Waals surface area contributed by atoms with Gasteiger partial charge in [-0.05, 0) is 32.4 Å². The molecule has 0 saturated carbocycles. The number of thiazole rings is 1. The Morgan fingerprint density at radius 3 is 3.24 bits per heavy atom. The summed E-state index contributed by atoms with van der Waals surface area (Å²) >= 11 is 1.81. The van der Waals surface area contributed by atoms with Gasteiger partial charge in [0.2, 0.25) is 0 Å². The summed E-state index contributed by atoms with van der Waals surface area (Å²) in [6, 6.07) is 0.669. The summed E-state index contributed by atoms with van der Waals surface area (Å²) < 4.78 is 0. The lowest BCUT2D eigenvalue weighted by Crippen LogP contribution is -2.53. The van der Waals surface area contributed by atoms with Gasteiger partial charge in [0.05, 0.1) is 5.54 Å². The van der Waals surface area contributed by atoms with Crippen LogP contribution < -0.4 is 5.32 Å². The van der Waals surface area contributed by atoms with E-state index in [9.17, 15) is 0 Å². The number of aromatic nitrogens is 1. The average Bonchev–Trinajstić information content (AvgIpc) is 2.98. The first-order chi connectivity index (χ1) is 8.37. The zero-order chi connectivity index (χ0) is 11.7. The van der Waals surface area contributed by atoms with Crippen LogP contribution in [0.2, 0.25) is 0 Å². The lowest BCUT2D eigenvalue weighted by molar-refractivity contribution is 0.137. The summed E-state index contributed by atoms with van der Waals surface area (Å²) in [5.41, 5.74) is 0.142. The molecule has 0 aliphatic carbocycles. The van der Waals surface area contributed by atoms with Crippen LogP contribution in [0.15, 0.2) is 11.6 Å². The quantitative estimate of drug-likeness (QED) is 0.892. The normalized spacial score (nSPS) is 33.8. The molecular weight excluding hydrogens is 230 g/mol. The molecule has 0 amide bonds. The first kappa shape index (κ1) is 11.6. The topological polar surface area (TPSA) is 28.2 Å². The number of fused-ring (bicyclic) bond motifs is 1. The molecule has 3 rings (SSSR count). The molecule has 0 bridgehead atoms. The van der Waals surface area contributed by atoms with Gasteiger partial charge in [0.25, 0.3) is 0 Å². The number of rotatable bonds is 3. The molecule has 2 atom stereocenters. The Morgan fingerprint density at radius 1 is 1.53 bits per heavy atom. The predicted molar refractivity (Wildman–Crippen MR) is 71.3 cm³/mol. The molecule has 1 aromatic heterocycles. The van der Waals surface area contributed by atoms with E-state index in [2.05, 4.69) is 27.5 Å². The highest BCUT2D eigenvalue weighted by Gasteiger charge is 2.50. The van der Waals surface area contributed by atoms with Gasteiger partial charge < -0.3 is 5.32 Å². The minimum Gasteiger partial charge on any atom is -0.304 e. The van der Waals surface area contributed by atoms with Crippen molar-refractivity contribution in [1.29, 1.82) is 0 Å². The number of nitrogens with zero attached hydrogens (tertiary/aromatic N) is 2. The number of piperidine rings is 1.